The third-order valence-electron chi connectivity index (χ3n) is 2.20. The summed E-state index contributed by atoms with van der Waals surface area (Å²) in [6.45, 7) is 0.388. The van der Waals surface area contributed by atoms with Crippen molar-refractivity contribution in [1.82, 2.24) is 0 Å². The average Bonchev–Trinajstić information content (AvgIpc) is 2.56. The molecule has 2 rings (SSSR count). The van der Waals surface area contributed by atoms with Crippen molar-refractivity contribution in [2.75, 3.05) is 13.7 Å². The first-order chi connectivity index (χ1) is 7.26. The molecule has 2 aromatic rings. The van der Waals surface area contributed by atoms with Gasteiger partial charge in [0.05, 0.1) is 19.6 Å². The maximum atomic E-state index is 11.7. The Balaban J connectivity index is 2.56. The lowest BCUT2D eigenvalue weighted by Gasteiger charge is -1.97. The Labute approximate surface area is 86.6 Å². The summed E-state index contributed by atoms with van der Waals surface area (Å²) in [5.74, 6) is 0.966. The van der Waals surface area contributed by atoms with Crippen LogP contribution in [0.2, 0.25) is 0 Å². The summed E-state index contributed by atoms with van der Waals surface area (Å²) in [4.78, 5) is 0. The van der Waals surface area contributed by atoms with E-state index in [4.69, 9.17) is 14.9 Å². The first-order valence-electron chi connectivity index (χ1n) is 4.65. The molecule has 0 fully saturated rings. The molecule has 0 radical (unpaired) electrons. The molecule has 15 heavy (non-hydrogen) atoms. The first kappa shape index (κ1) is 9.79. The molecule has 0 amide bonds. The molecular formula is C10H12N2O3. The van der Waals surface area contributed by atoms with E-state index in [0.717, 1.165) is 4.73 Å². The molecule has 80 valence electrons. The quantitative estimate of drug-likeness (QED) is 0.591. The van der Waals surface area contributed by atoms with Crippen LogP contribution in [0.4, 0.5) is 0 Å². The van der Waals surface area contributed by atoms with Gasteiger partial charge < -0.3 is 20.1 Å². The smallest absolute Gasteiger partial charge is 0.360 e. The van der Waals surface area contributed by atoms with E-state index < -0.39 is 0 Å². The van der Waals surface area contributed by atoms with Gasteiger partial charge in [0.1, 0.15) is 5.75 Å². The lowest BCUT2D eigenvalue weighted by atomic mass is 10.3. The monoisotopic (exact) mass is 208 g/mol. The number of oxazole rings is 1. The number of rotatable bonds is 3. The molecule has 0 unspecified atom stereocenters. The highest BCUT2D eigenvalue weighted by molar-refractivity contribution is 5.71. The van der Waals surface area contributed by atoms with Gasteiger partial charge in [-0.1, -0.05) is 0 Å². The number of hydrogen-bond acceptors (Lipinski definition) is 4. The largest absolute Gasteiger partial charge is 0.616 e. The number of nitrogens with two attached hydrogens (primary N) is 1. The second kappa shape index (κ2) is 3.78. The van der Waals surface area contributed by atoms with E-state index in [1.165, 1.54) is 0 Å². The highest BCUT2D eigenvalue weighted by Crippen LogP contribution is 2.19. The zero-order chi connectivity index (χ0) is 10.8. The summed E-state index contributed by atoms with van der Waals surface area (Å²) in [5, 5.41) is 11.7. The van der Waals surface area contributed by atoms with Gasteiger partial charge in [-0.3, -0.25) is 0 Å². The molecule has 0 spiro atoms. The number of methoxy groups -OCH3 is 1. The molecule has 0 aliphatic heterocycles. The number of hydrogen-bond donors (Lipinski definition) is 1. The molecular weight excluding hydrogens is 196 g/mol. The van der Waals surface area contributed by atoms with E-state index in [-0.39, 0.29) is 0 Å². The van der Waals surface area contributed by atoms with Gasteiger partial charge in [0.25, 0.3) is 5.52 Å². The molecule has 0 aliphatic rings. The van der Waals surface area contributed by atoms with Crippen LogP contribution in [-0.2, 0) is 6.42 Å². The third kappa shape index (κ3) is 1.61. The summed E-state index contributed by atoms with van der Waals surface area (Å²) in [6, 6.07) is 5.10. The summed E-state index contributed by atoms with van der Waals surface area (Å²) in [5.41, 5.74) is 6.39. The highest BCUT2D eigenvalue weighted by Gasteiger charge is 2.17. The van der Waals surface area contributed by atoms with Crippen molar-refractivity contribution in [3.8, 4) is 5.75 Å². The second-order valence-corrected chi connectivity index (χ2v) is 3.16. The Kier molecular flexibility index (Phi) is 2.47. The minimum absolute atomic E-state index is 0.334. The van der Waals surface area contributed by atoms with Crippen LogP contribution in [0.15, 0.2) is 22.6 Å². The van der Waals surface area contributed by atoms with Gasteiger partial charge in [-0.25, -0.2) is 0 Å². The number of nitrogens with zero attached hydrogens (tertiary/aromatic N) is 1. The second-order valence-electron chi connectivity index (χ2n) is 3.16. The molecule has 0 bridgehead atoms. The lowest BCUT2D eigenvalue weighted by Crippen LogP contribution is -2.30. The van der Waals surface area contributed by atoms with Gasteiger partial charge in [-0.2, -0.15) is 0 Å². The number of benzene rings is 1. The van der Waals surface area contributed by atoms with Crippen LogP contribution in [0.1, 0.15) is 5.89 Å². The number of ether oxygens (including phenoxy) is 1. The predicted octanol–water partition coefficient (Wildman–Crippen LogP) is 0.576. The summed E-state index contributed by atoms with van der Waals surface area (Å²) in [7, 11) is 1.55. The van der Waals surface area contributed by atoms with Crippen LogP contribution in [-0.4, -0.2) is 13.7 Å². The van der Waals surface area contributed by atoms with Crippen molar-refractivity contribution in [3.63, 3.8) is 0 Å². The van der Waals surface area contributed by atoms with Crippen molar-refractivity contribution in [1.29, 1.82) is 0 Å². The minimum Gasteiger partial charge on any atom is -0.616 e. The SMILES string of the molecule is COc1ccc2oc(CCN)[n+]([O-])c2c1. The Bertz CT molecular complexity index is 479. The van der Waals surface area contributed by atoms with Crippen LogP contribution in [0.25, 0.3) is 11.1 Å². The Morgan fingerprint density at radius 1 is 1.53 bits per heavy atom. The maximum Gasteiger partial charge on any atom is 0.360 e. The number of aromatic nitrogens is 1. The third-order valence-corrected chi connectivity index (χ3v) is 2.20. The summed E-state index contributed by atoms with van der Waals surface area (Å²) >= 11 is 0. The standard InChI is InChI=1S/C10H12N2O3/c1-14-7-2-3-9-8(6-7)12(13)10(15-9)4-5-11/h2-3,6H,4-5,11H2,1H3. The van der Waals surface area contributed by atoms with Crippen molar-refractivity contribution in [2.24, 2.45) is 5.73 Å². The molecule has 0 atom stereocenters. The minimum atomic E-state index is 0.334. The number of fused-ring (bicyclic) bond motifs is 1. The molecule has 0 aliphatic carbocycles. The van der Waals surface area contributed by atoms with Gasteiger partial charge in [0.15, 0.2) is 0 Å². The van der Waals surface area contributed by atoms with Gasteiger partial charge in [0, 0.05) is 6.54 Å². The Morgan fingerprint density at radius 3 is 3.00 bits per heavy atom. The van der Waals surface area contributed by atoms with Crippen LogP contribution in [0.5, 0.6) is 5.75 Å². The molecule has 1 aromatic carbocycles. The molecule has 5 nitrogen and oxygen atoms in total. The van der Waals surface area contributed by atoms with Gasteiger partial charge >= 0.3 is 5.89 Å². The van der Waals surface area contributed by atoms with E-state index in [9.17, 15) is 5.21 Å². The molecule has 0 saturated heterocycles. The fourth-order valence-electron chi connectivity index (χ4n) is 1.45. The molecule has 1 aromatic heterocycles. The summed E-state index contributed by atoms with van der Waals surface area (Å²) in [6.07, 6.45) is 0.431. The van der Waals surface area contributed by atoms with Gasteiger partial charge in [-0.05, 0) is 12.1 Å². The van der Waals surface area contributed by atoms with Gasteiger partial charge in [-0.15, -0.1) is 4.73 Å². The van der Waals surface area contributed by atoms with Crippen molar-refractivity contribution in [2.45, 2.75) is 6.42 Å². The van der Waals surface area contributed by atoms with E-state index in [0.29, 0.717) is 35.7 Å². The van der Waals surface area contributed by atoms with Crippen LogP contribution in [0, 0.1) is 5.21 Å². The van der Waals surface area contributed by atoms with Gasteiger partial charge in [0.2, 0.25) is 5.58 Å². The van der Waals surface area contributed by atoms with E-state index in [1.54, 1.807) is 25.3 Å². The maximum absolute atomic E-state index is 11.7. The zero-order valence-electron chi connectivity index (χ0n) is 8.40. The molecule has 2 N–H and O–H groups in total. The first-order valence-corrected chi connectivity index (χ1v) is 4.65. The molecule has 5 heteroatoms. The predicted molar refractivity (Wildman–Crippen MR) is 54.5 cm³/mol. The van der Waals surface area contributed by atoms with Crippen molar-refractivity contribution < 1.29 is 13.9 Å². The molecule has 1 heterocycles. The van der Waals surface area contributed by atoms with E-state index >= 15 is 0 Å². The fourth-order valence-corrected chi connectivity index (χ4v) is 1.45. The van der Waals surface area contributed by atoms with Crippen molar-refractivity contribution >= 4 is 11.1 Å². The topological polar surface area (TPSA) is 75.3 Å². The highest BCUT2D eigenvalue weighted by atomic mass is 16.5. The Hall–Kier alpha value is -1.75. The van der Waals surface area contributed by atoms with Crippen LogP contribution in [0.3, 0.4) is 0 Å². The normalized spacial score (nSPS) is 10.8. The summed E-state index contributed by atoms with van der Waals surface area (Å²) < 4.78 is 11.1. The Morgan fingerprint density at radius 2 is 2.33 bits per heavy atom. The van der Waals surface area contributed by atoms with Crippen molar-refractivity contribution in [3.05, 3.63) is 29.3 Å². The fraction of sp³-hybridized carbons (Fsp3) is 0.300. The van der Waals surface area contributed by atoms with E-state index in [1.807, 2.05) is 0 Å². The van der Waals surface area contributed by atoms with Crippen LogP contribution >= 0.6 is 0 Å². The van der Waals surface area contributed by atoms with Crippen LogP contribution < -0.4 is 15.2 Å². The van der Waals surface area contributed by atoms with E-state index in [2.05, 4.69) is 0 Å². The lowest BCUT2D eigenvalue weighted by molar-refractivity contribution is -0.592. The molecule has 0 saturated carbocycles. The average molecular weight is 208 g/mol. The zero-order valence-corrected chi connectivity index (χ0v) is 8.40.